The smallest absolute Gasteiger partial charge is 0.115 e. The van der Waals surface area contributed by atoms with E-state index in [1.54, 1.807) is 26.4 Å². The van der Waals surface area contributed by atoms with E-state index in [1.807, 2.05) is 12.1 Å². The van der Waals surface area contributed by atoms with Crippen molar-refractivity contribution in [2.75, 3.05) is 27.3 Å². The molecule has 1 aliphatic rings. The lowest BCUT2D eigenvalue weighted by Crippen LogP contribution is -2.32. The molecule has 0 bridgehead atoms. The molecule has 1 saturated heterocycles. The van der Waals surface area contributed by atoms with Crippen LogP contribution in [0.5, 0.6) is 5.75 Å². The zero-order valence-corrected chi connectivity index (χ0v) is 12.6. The Bertz CT molecular complexity index is 395. The molecule has 1 fully saturated rings. The van der Waals surface area contributed by atoms with E-state index in [0.29, 0.717) is 11.8 Å². The Kier molecular flexibility index (Phi) is 5.40. The molecule has 1 N–H and O–H groups in total. The van der Waals surface area contributed by atoms with Crippen LogP contribution in [-0.2, 0) is 15.9 Å². The third kappa shape index (κ3) is 3.72. The molecular weight excluding hydrogens is 254 g/mol. The molecule has 2 rings (SSSR count). The largest absolute Gasteiger partial charge is 0.508 e. The van der Waals surface area contributed by atoms with Gasteiger partial charge in [0.25, 0.3) is 0 Å². The Labute approximate surface area is 121 Å². The van der Waals surface area contributed by atoms with E-state index in [-0.39, 0.29) is 12.2 Å². The predicted octanol–water partition coefficient (Wildman–Crippen LogP) is 2.06. The topological polar surface area (TPSA) is 41.9 Å². The molecule has 0 spiro atoms. The number of nitrogens with zero attached hydrogens (tertiary/aromatic N) is 1. The molecule has 1 heterocycles. The fraction of sp³-hybridized carbons (Fsp3) is 0.625. The Balaban J connectivity index is 1.83. The van der Waals surface area contributed by atoms with Crippen LogP contribution in [0.3, 0.4) is 0 Å². The van der Waals surface area contributed by atoms with E-state index in [2.05, 4.69) is 11.8 Å². The minimum atomic E-state index is 0.177. The second-order valence-corrected chi connectivity index (χ2v) is 5.56. The van der Waals surface area contributed by atoms with Gasteiger partial charge in [-0.15, -0.1) is 0 Å². The van der Waals surface area contributed by atoms with Gasteiger partial charge in [0, 0.05) is 33.4 Å². The Hall–Kier alpha value is -1.10. The lowest BCUT2D eigenvalue weighted by atomic mass is 10.1. The predicted molar refractivity (Wildman–Crippen MR) is 79.1 cm³/mol. The van der Waals surface area contributed by atoms with Gasteiger partial charge in [-0.3, -0.25) is 4.90 Å². The number of likely N-dealkylation sites (tertiary alicyclic amines) is 1. The number of aromatic hydroxyl groups is 1. The number of hydrogen-bond acceptors (Lipinski definition) is 4. The average molecular weight is 279 g/mol. The summed E-state index contributed by atoms with van der Waals surface area (Å²) in [6.45, 7) is 4.13. The van der Waals surface area contributed by atoms with Gasteiger partial charge in [0.2, 0.25) is 0 Å². The standard InChI is InChI=1S/C16H25NO3/c1-12(4-5-13-6-8-14(18)9-7-13)17-10-15(19-2)16(11-17)20-3/h6-9,12,15-16,18H,4-5,10-11H2,1-3H3. The lowest BCUT2D eigenvalue weighted by Gasteiger charge is -2.24. The zero-order chi connectivity index (χ0) is 14.5. The van der Waals surface area contributed by atoms with Crippen molar-refractivity contribution in [3.05, 3.63) is 29.8 Å². The number of phenols is 1. The van der Waals surface area contributed by atoms with Crippen LogP contribution >= 0.6 is 0 Å². The SMILES string of the molecule is COC1CN(C(C)CCc2ccc(O)cc2)CC1OC. The number of aryl methyl sites for hydroxylation is 1. The van der Waals surface area contributed by atoms with Crippen LogP contribution in [-0.4, -0.2) is 55.6 Å². The van der Waals surface area contributed by atoms with Gasteiger partial charge in [0.1, 0.15) is 5.75 Å². The fourth-order valence-corrected chi connectivity index (χ4v) is 2.81. The first kappa shape index (κ1) is 15.3. The van der Waals surface area contributed by atoms with Gasteiger partial charge in [-0.05, 0) is 37.5 Å². The van der Waals surface area contributed by atoms with Crippen LogP contribution in [0, 0.1) is 0 Å². The highest BCUT2D eigenvalue weighted by atomic mass is 16.5. The molecule has 0 aliphatic carbocycles. The van der Waals surface area contributed by atoms with Crippen LogP contribution in [0.4, 0.5) is 0 Å². The highest BCUT2D eigenvalue weighted by molar-refractivity contribution is 5.25. The molecule has 0 saturated carbocycles. The quantitative estimate of drug-likeness (QED) is 0.865. The number of phenolic OH excluding ortho intramolecular Hbond substituents is 1. The molecule has 1 aromatic carbocycles. The van der Waals surface area contributed by atoms with E-state index in [0.717, 1.165) is 25.9 Å². The van der Waals surface area contributed by atoms with Crippen LogP contribution in [0.2, 0.25) is 0 Å². The normalized spacial score (nSPS) is 24.9. The van der Waals surface area contributed by atoms with Crippen molar-refractivity contribution in [2.45, 2.75) is 38.0 Å². The minimum Gasteiger partial charge on any atom is -0.508 e. The zero-order valence-electron chi connectivity index (χ0n) is 12.6. The van der Waals surface area contributed by atoms with Gasteiger partial charge >= 0.3 is 0 Å². The van der Waals surface area contributed by atoms with Crippen LogP contribution in [0.25, 0.3) is 0 Å². The summed E-state index contributed by atoms with van der Waals surface area (Å²) in [5.41, 5.74) is 1.26. The van der Waals surface area contributed by atoms with Crippen LogP contribution in [0.15, 0.2) is 24.3 Å². The summed E-state index contributed by atoms with van der Waals surface area (Å²) in [6, 6.07) is 7.97. The van der Waals surface area contributed by atoms with Crippen molar-refractivity contribution in [1.29, 1.82) is 0 Å². The molecule has 1 aromatic rings. The molecule has 3 atom stereocenters. The average Bonchev–Trinajstić information content (AvgIpc) is 2.89. The first-order chi connectivity index (χ1) is 9.63. The molecule has 112 valence electrons. The summed E-state index contributed by atoms with van der Waals surface area (Å²) in [5, 5.41) is 9.28. The van der Waals surface area contributed by atoms with E-state index >= 15 is 0 Å². The molecule has 0 radical (unpaired) electrons. The van der Waals surface area contributed by atoms with E-state index < -0.39 is 0 Å². The summed E-state index contributed by atoms with van der Waals surface area (Å²) in [6.07, 6.45) is 2.47. The Morgan fingerprint density at radius 2 is 1.70 bits per heavy atom. The summed E-state index contributed by atoms with van der Waals surface area (Å²) in [7, 11) is 3.50. The maximum Gasteiger partial charge on any atom is 0.115 e. The molecule has 20 heavy (non-hydrogen) atoms. The Morgan fingerprint density at radius 1 is 1.15 bits per heavy atom. The van der Waals surface area contributed by atoms with Crippen molar-refractivity contribution in [3.8, 4) is 5.75 Å². The van der Waals surface area contributed by atoms with Gasteiger partial charge in [-0.25, -0.2) is 0 Å². The summed E-state index contributed by atoms with van der Waals surface area (Å²) in [4.78, 5) is 2.43. The van der Waals surface area contributed by atoms with Gasteiger partial charge in [0.15, 0.2) is 0 Å². The molecule has 4 heteroatoms. The fourth-order valence-electron chi connectivity index (χ4n) is 2.81. The molecule has 0 amide bonds. The highest BCUT2D eigenvalue weighted by Gasteiger charge is 2.34. The van der Waals surface area contributed by atoms with Crippen molar-refractivity contribution >= 4 is 0 Å². The van der Waals surface area contributed by atoms with E-state index in [4.69, 9.17) is 9.47 Å². The number of rotatable bonds is 6. The van der Waals surface area contributed by atoms with Gasteiger partial charge in [-0.1, -0.05) is 12.1 Å². The summed E-state index contributed by atoms with van der Waals surface area (Å²) >= 11 is 0. The lowest BCUT2D eigenvalue weighted by molar-refractivity contribution is -0.00461. The Morgan fingerprint density at radius 3 is 2.20 bits per heavy atom. The number of ether oxygens (including phenoxy) is 2. The maximum atomic E-state index is 9.28. The minimum absolute atomic E-state index is 0.177. The molecular formula is C16H25NO3. The van der Waals surface area contributed by atoms with E-state index in [1.165, 1.54) is 5.56 Å². The first-order valence-corrected chi connectivity index (χ1v) is 7.21. The molecule has 0 aromatic heterocycles. The van der Waals surface area contributed by atoms with Crippen molar-refractivity contribution in [2.24, 2.45) is 0 Å². The molecule has 4 nitrogen and oxygen atoms in total. The second-order valence-electron chi connectivity index (χ2n) is 5.56. The maximum absolute atomic E-state index is 9.28. The van der Waals surface area contributed by atoms with Gasteiger partial charge < -0.3 is 14.6 Å². The van der Waals surface area contributed by atoms with Crippen molar-refractivity contribution in [3.63, 3.8) is 0 Å². The molecule has 1 aliphatic heterocycles. The van der Waals surface area contributed by atoms with Gasteiger partial charge in [0.05, 0.1) is 12.2 Å². The summed E-state index contributed by atoms with van der Waals surface area (Å²) in [5.74, 6) is 0.326. The third-order valence-corrected chi connectivity index (χ3v) is 4.26. The third-order valence-electron chi connectivity index (χ3n) is 4.26. The number of benzene rings is 1. The van der Waals surface area contributed by atoms with Crippen LogP contribution < -0.4 is 0 Å². The number of methoxy groups -OCH3 is 2. The highest BCUT2D eigenvalue weighted by Crippen LogP contribution is 2.21. The summed E-state index contributed by atoms with van der Waals surface area (Å²) < 4.78 is 11.0. The van der Waals surface area contributed by atoms with E-state index in [9.17, 15) is 5.11 Å². The van der Waals surface area contributed by atoms with Crippen LogP contribution in [0.1, 0.15) is 18.9 Å². The monoisotopic (exact) mass is 279 g/mol. The first-order valence-electron chi connectivity index (χ1n) is 7.21. The second kappa shape index (κ2) is 7.07. The number of hydrogen-bond donors (Lipinski definition) is 1. The molecule has 3 unspecified atom stereocenters. The van der Waals surface area contributed by atoms with Crippen molar-refractivity contribution in [1.82, 2.24) is 4.90 Å². The van der Waals surface area contributed by atoms with Crippen molar-refractivity contribution < 1.29 is 14.6 Å². The van der Waals surface area contributed by atoms with Gasteiger partial charge in [-0.2, -0.15) is 0 Å².